The molecule has 0 bridgehead atoms. The molecule has 0 saturated carbocycles. The molecule has 0 unspecified atom stereocenters. The zero-order valence-electron chi connectivity index (χ0n) is 10.6. The zero-order chi connectivity index (χ0) is 13.7. The molecule has 1 N–H and O–H groups in total. The largest absolute Gasteiger partial charge is 0.496 e. The summed E-state index contributed by atoms with van der Waals surface area (Å²) in [5.74, 6) is 0.853. The highest BCUT2D eigenvalue weighted by molar-refractivity contribution is 9.10. The highest BCUT2D eigenvalue weighted by Crippen LogP contribution is 2.22. The van der Waals surface area contributed by atoms with Crippen molar-refractivity contribution in [2.75, 3.05) is 7.11 Å². The van der Waals surface area contributed by atoms with Gasteiger partial charge in [-0.25, -0.2) is 0 Å². The minimum Gasteiger partial charge on any atom is -0.496 e. The third-order valence-electron chi connectivity index (χ3n) is 2.78. The van der Waals surface area contributed by atoms with Gasteiger partial charge in [-0.3, -0.25) is 0 Å². The van der Waals surface area contributed by atoms with Crippen molar-refractivity contribution in [1.82, 2.24) is 5.32 Å². The molecule has 19 heavy (non-hydrogen) atoms. The fraction of sp³-hybridized carbons (Fsp3) is 0.200. The van der Waals surface area contributed by atoms with Crippen molar-refractivity contribution in [3.05, 3.63) is 63.1 Å². The Bertz CT molecular complexity index is 560. The summed E-state index contributed by atoms with van der Waals surface area (Å²) < 4.78 is 6.41. The maximum Gasteiger partial charge on any atom is 0.123 e. The second-order valence-electron chi connectivity index (χ2n) is 4.19. The van der Waals surface area contributed by atoms with E-state index in [2.05, 4.69) is 33.4 Å². The Kier molecular flexibility index (Phi) is 5.25. The van der Waals surface area contributed by atoms with Crippen molar-refractivity contribution in [3.63, 3.8) is 0 Å². The summed E-state index contributed by atoms with van der Waals surface area (Å²) in [5, 5.41) is 4.11. The smallest absolute Gasteiger partial charge is 0.123 e. The topological polar surface area (TPSA) is 21.3 Å². The number of benzene rings is 2. The van der Waals surface area contributed by atoms with E-state index >= 15 is 0 Å². The fourth-order valence-corrected chi connectivity index (χ4v) is 2.52. The van der Waals surface area contributed by atoms with E-state index in [0.717, 1.165) is 33.9 Å². The van der Waals surface area contributed by atoms with Crippen LogP contribution in [0.1, 0.15) is 11.1 Å². The van der Waals surface area contributed by atoms with Crippen LogP contribution in [0.5, 0.6) is 5.75 Å². The third kappa shape index (κ3) is 4.23. The summed E-state index contributed by atoms with van der Waals surface area (Å²) in [5.41, 5.74) is 2.29. The summed E-state index contributed by atoms with van der Waals surface area (Å²) >= 11 is 9.47. The summed E-state index contributed by atoms with van der Waals surface area (Å²) in [6, 6.07) is 13.9. The van der Waals surface area contributed by atoms with Crippen LogP contribution in [0, 0.1) is 0 Å². The molecule has 0 radical (unpaired) electrons. The van der Waals surface area contributed by atoms with Crippen molar-refractivity contribution in [2.24, 2.45) is 0 Å². The van der Waals surface area contributed by atoms with Crippen molar-refractivity contribution in [1.29, 1.82) is 0 Å². The summed E-state index contributed by atoms with van der Waals surface area (Å²) in [7, 11) is 1.67. The van der Waals surface area contributed by atoms with Gasteiger partial charge in [0.2, 0.25) is 0 Å². The number of hydrogen-bond acceptors (Lipinski definition) is 2. The van der Waals surface area contributed by atoms with Crippen LogP contribution in [0.2, 0.25) is 5.02 Å². The van der Waals surface area contributed by atoms with Gasteiger partial charge in [0, 0.05) is 28.1 Å². The molecule has 0 saturated heterocycles. The zero-order valence-corrected chi connectivity index (χ0v) is 13.0. The molecule has 0 aliphatic rings. The quantitative estimate of drug-likeness (QED) is 0.871. The van der Waals surface area contributed by atoms with Crippen LogP contribution in [0.15, 0.2) is 46.9 Å². The van der Waals surface area contributed by atoms with E-state index in [-0.39, 0.29) is 0 Å². The maximum atomic E-state index is 6.00. The van der Waals surface area contributed by atoms with Gasteiger partial charge in [-0.05, 0) is 35.9 Å². The van der Waals surface area contributed by atoms with Crippen LogP contribution in [-0.2, 0) is 13.1 Å². The van der Waals surface area contributed by atoms with Crippen LogP contribution >= 0.6 is 27.5 Å². The molecular formula is C15H15BrClNO. The van der Waals surface area contributed by atoms with Gasteiger partial charge in [0.1, 0.15) is 5.75 Å². The predicted molar refractivity (Wildman–Crippen MR) is 82.7 cm³/mol. The van der Waals surface area contributed by atoms with E-state index in [0.29, 0.717) is 0 Å². The molecule has 0 fully saturated rings. The lowest BCUT2D eigenvalue weighted by molar-refractivity contribution is 0.407. The Morgan fingerprint density at radius 2 is 2.00 bits per heavy atom. The average Bonchev–Trinajstić information content (AvgIpc) is 2.39. The number of hydrogen-bond donors (Lipinski definition) is 1. The van der Waals surface area contributed by atoms with Gasteiger partial charge >= 0.3 is 0 Å². The van der Waals surface area contributed by atoms with Crippen molar-refractivity contribution < 1.29 is 4.74 Å². The van der Waals surface area contributed by atoms with Gasteiger partial charge in [0.05, 0.1) is 7.11 Å². The summed E-state index contributed by atoms with van der Waals surface area (Å²) in [6.45, 7) is 1.52. The Labute approximate surface area is 126 Å². The van der Waals surface area contributed by atoms with Gasteiger partial charge < -0.3 is 10.1 Å². The normalized spacial score (nSPS) is 10.5. The monoisotopic (exact) mass is 339 g/mol. The van der Waals surface area contributed by atoms with Crippen LogP contribution in [0.4, 0.5) is 0 Å². The predicted octanol–water partition coefficient (Wildman–Crippen LogP) is 4.40. The molecule has 0 aliphatic carbocycles. The SMILES string of the molecule is COc1ccc(Cl)cc1CNCc1cccc(Br)c1. The molecule has 100 valence electrons. The number of rotatable bonds is 5. The van der Waals surface area contributed by atoms with Crippen molar-refractivity contribution >= 4 is 27.5 Å². The third-order valence-corrected chi connectivity index (χ3v) is 3.50. The van der Waals surface area contributed by atoms with Crippen LogP contribution < -0.4 is 10.1 Å². The van der Waals surface area contributed by atoms with E-state index < -0.39 is 0 Å². The highest BCUT2D eigenvalue weighted by Gasteiger charge is 2.03. The first-order valence-corrected chi connectivity index (χ1v) is 7.13. The minimum absolute atomic E-state index is 0.718. The molecular weight excluding hydrogens is 326 g/mol. The fourth-order valence-electron chi connectivity index (χ4n) is 1.87. The lowest BCUT2D eigenvalue weighted by Crippen LogP contribution is -2.13. The van der Waals surface area contributed by atoms with Gasteiger partial charge in [0.15, 0.2) is 0 Å². The molecule has 0 heterocycles. The lowest BCUT2D eigenvalue weighted by atomic mass is 10.2. The first-order chi connectivity index (χ1) is 9.19. The summed E-state index contributed by atoms with van der Waals surface area (Å²) in [4.78, 5) is 0. The van der Waals surface area contributed by atoms with E-state index in [1.54, 1.807) is 7.11 Å². The Morgan fingerprint density at radius 3 is 2.74 bits per heavy atom. The van der Waals surface area contributed by atoms with Crippen molar-refractivity contribution in [2.45, 2.75) is 13.1 Å². The van der Waals surface area contributed by atoms with E-state index in [1.165, 1.54) is 5.56 Å². The summed E-state index contributed by atoms with van der Waals surface area (Å²) in [6.07, 6.45) is 0. The molecule has 2 nitrogen and oxygen atoms in total. The molecule has 2 rings (SSSR count). The average molecular weight is 341 g/mol. The molecule has 0 atom stereocenters. The first kappa shape index (κ1) is 14.4. The van der Waals surface area contributed by atoms with Gasteiger partial charge in [-0.15, -0.1) is 0 Å². The highest BCUT2D eigenvalue weighted by atomic mass is 79.9. The lowest BCUT2D eigenvalue weighted by Gasteiger charge is -2.10. The Hall–Kier alpha value is -1.03. The maximum absolute atomic E-state index is 6.00. The van der Waals surface area contributed by atoms with E-state index in [1.807, 2.05) is 30.3 Å². The van der Waals surface area contributed by atoms with Gasteiger partial charge in [0.25, 0.3) is 0 Å². The van der Waals surface area contributed by atoms with E-state index in [4.69, 9.17) is 16.3 Å². The Balaban J connectivity index is 1.97. The molecule has 2 aromatic rings. The molecule has 0 aliphatic heterocycles. The number of halogens is 2. The van der Waals surface area contributed by atoms with Gasteiger partial charge in [-0.2, -0.15) is 0 Å². The molecule has 0 amide bonds. The molecule has 0 spiro atoms. The van der Waals surface area contributed by atoms with Crippen molar-refractivity contribution in [3.8, 4) is 5.75 Å². The molecule has 4 heteroatoms. The van der Waals surface area contributed by atoms with Crippen LogP contribution in [-0.4, -0.2) is 7.11 Å². The molecule has 0 aromatic heterocycles. The van der Waals surface area contributed by atoms with Crippen LogP contribution in [0.3, 0.4) is 0 Å². The van der Waals surface area contributed by atoms with Gasteiger partial charge in [-0.1, -0.05) is 39.7 Å². The molecule has 2 aromatic carbocycles. The minimum atomic E-state index is 0.718. The Morgan fingerprint density at radius 1 is 1.16 bits per heavy atom. The van der Waals surface area contributed by atoms with E-state index in [9.17, 15) is 0 Å². The number of ether oxygens (including phenoxy) is 1. The standard InChI is InChI=1S/C15H15BrClNO/c1-19-15-6-5-14(17)8-12(15)10-18-9-11-3-2-4-13(16)7-11/h2-8,18H,9-10H2,1H3. The number of nitrogens with one attached hydrogen (secondary N) is 1. The second-order valence-corrected chi connectivity index (χ2v) is 5.54. The number of methoxy groups -OCH3 is 1. The second kappa shape index (κ2) is 6.94. The van der Waals surface area contributed by atoms with Crippen LogP contribution in [0.25, 0.3) is 0 Å². The first-order valence-electron chi connectivity index (χ1n) is 5.96.